The van der Waals surface area contributed by atoms with E-state index in [1.807, 2.05) is 78.9 Å². The summed E-state index contributed by atoms with van der Waals surface area (Å²) in [6.07, 6.45) is 0. The molecule has 3 aromatic rings. The molecule has 3 rings (SSSR count). The molecule has 0 aromatic heterocycles. The van der Waals surface area contributed by atoms with Crippen LogP contribution in [0, 0.1) is 0 Å². The highest BCUT2D eigenvalue weighted by molar-refractivity contribution is 6.42. The van der Waals surface area contributed by atoms with Crippen molar-refractivity contribution >= 4 is 22.9 Å². The number of esters is 1. The van der Waals surface area contributed by atoms with Crippen molar-refractivity contribution in [3.05, 3.63) is 108 Å². The summed E-state index contributed by atoms with van der Waals surface area (Å²) in [5.41, 5.74) is 2.47. The Kier molecular flexibility index (Phi) is 5.95. The third kappa shape index (κ3) is 4.21. The molecular weight excluding hydrogens is 336 g/mol. The maximum absolute atomic E-state index is 13.4. The summed E-state index contributed by atoms with van der Waals surface area (Å²) >= 11 is 0. The molecule has 0 saturated heterocycles. The Morgan fingerprint density at radius 3 is 1.48 bits per heavy atom. The Balaban J connectivity index is 2.30. The summed E-state index contributed by atoms with van der Waals surface area (Å²) in [5, 5.41) is 0. The SMILES string of the molecule is CCOC(=O)/C(=C(/C(=O)c1ccccc1)c1ccccc1)c1ccccc1. The standard InChI is InChI=1S/C24H20O3/c1-2-27-24(26)22(19-14-8-4-9-15-19)21(18-12-6-3-7-13-18)23(25)20-16-10-5-11-17-20/h3-17H,2H2,1H3/b22-21+. The molecule has 0 aliphatic carbocycles. The zero-order chi connectivity index (χ0) is 19.1. The normalized spacial score (nSPS) is 11.4. The summed E-state index contributed by atoms with van der Waals surface area (Å²) in [6, 6.07) is 27.4. The molecule has 0 unspecified atom stereocenters. The molecule has 0 aliphatic rings. The molecule has 0 radical (unpaired) electrons. The maximum atomic E-state index is 13.4. The molecule has 0 N–H and O–H groups in total. The molecule has 3 nitrogen and oxygen atoms in total. The molecule has 0 spiro atoms. The van der Waals surface area contributed by atoms with Crippen molar-refractivity contribution in [2.24, 2.45) is 0 Å². The molecule has 0 bridgehead atoms. The van der Waals surface area contributed by atoms with Crippen LogP contribution < -0.4 is 0 Å². The van der Waals surface area contributed by atoms with E-state index in [4.69, 9.17) is 4.74 Å². The lowest BCUT2D eigenvalue weighted by atomic mass is 9.89. The average molecular weight is 356 g/mol. The highest BCUT2D eigenvalue weighted by Crippen LogP contribution is 2.30. The van der Waals surface area contributed by atoms with Gasteiger partial charge in [0, 0.05) is 11.1 Å². The number of hydrogen-bond acceptors (Lipinski definition) is 3. The van der Waals surface area contributed by atoms with Gasteiger partial charge >= 0.3 is 5.97 Å². The third-order valence-corrected chi connectivity index (χ3v) is 4.12. The van der Waals surface area contributed by atoms with Gasteiger partial charge in [0.2, 0.25) is 0 Å². The first kappa shape index (κ1) is 18.3. The molecule has 0 amide bonds. The van der Waals surface area contributed by atoms with Crippen molar-refractivity contribution in [3.63, 3.8) is 0 Å². The largest absolute Gasteiger partial charge is 0.462 e. The Morgan fingerprint density at radius 2 is 1.04 bits per heavy atom. The second-order valence-electron chi connectivity index (χ2n) is 5.90. The minimum atomic E-state index is -0.508. The van der Waals surface area contributed by atoms with E-state index in [0.717, 1.165) is 0 Å². The lowest BCUT2D eigenvalue weighted by molar-refractivity contribution is -0.136. The van der Waals surface area contributed by atoms with Gasteiger partial charge in [-0.25, -0.2) is 4.79 Å². The summed E-state index contributed by atoms with van der Waals surface area (Å²) in [5.74, 6) is -0.722. The van der Waals surface area contributed by atoms with E-state index >= 15 is 0 Å². The third-order valence-electron chi connectivity index (χ3n) is 4.12. The van der Waals surface area contributed by atoms with Gasteiger partial charge < -0.3 is 4.74 Å². The Morgan fingerprint density at radius 1 is 0.630 bits per heavy atom. The van der Waals surface area contributed by atoms with Crippen LogP contribution in [0.15, 0.2) is 91.0 Å². The van der Waals surface area contributed by atoms with Crippen LogP contribution in [0.5, 0.6) is 0 Å². The quantitative estimate of drug-likeness (QED) is 0.269. The molecule has 3 heteroatoms. The van der Waals surface area contributed by atoms with Gasteiger partial charge in [0.05, 0.1) is 12.2 Å². The van der Waals surface area contributed by atoms with Crippen LogP contribution in [0.25, 0.3) is 11.1 Å². The van der Waals surface area contributed by atoms with Crippen molar-refractivity contribution in [2.75, 3.05) is 6.61 Å². The van der Waals surface area contributed by atoms with Crippen LogP contribution in [0.3, 0.4) is 0 Å². The number of Topliss-reactive ketones (excluding diaryl/α,β-unsaturated/α-hetero) is 1. The van der Waals surface area contributed by atoms with Crippen molar-refractivity contribution < 1.29 is 14.3 Å². The number of ether oxygens (including phenoxy) is 1. The number of rotatable bonds is 6. The zero-order valence-electron chi connectivity index (χ0n) is 15.1. The fourth-order valence-corrected chi connectivity index (χ4v) is 2.90. The first-order chi connectivity index (χ1) is 13.2. The summed E-state index contributed by atoms with van der Waals surface area (Å²) < 4.78 is 5.30. The molecule has 3 aromatic carbocycles. The molecule has 134 valence electrons. The van der Waals surface area contributed by atoms with Gasteiger partial charge in [-0.3, -0.25) is 4.79 Å². The van der Waals surface area contributed by atoms with E-state index in [1.54, 1.807) is 19.1 Å². The van der Waals surface area contributed by atoms with Gasteiger partial charge in [-0.2, -0.15) is 0 Å². The smallest absolute Gasteiger partial charge is 0.339 e. The van der Waals surface area contributed by atoms with Gasteiger partial charge in [0.15, 0.2) is 5.78 Å². The van der Waals surface area contributed by atoms with Gasteiger partial charge in [-0.05, 0) is 18.1 Å². The van der Waals surface area contributed by atoms with E-state index in [9.17, 15) is 9.59 Å². The van der Waals surface area contributed by atoms with E-state index in [1.165, 1.54) is 0 Å². The van der Waals surface area contributed by atoms with E-state index in [-0.39, 0.29) is 18.0 Å². The summed E-state index contributed by atoms with van der Waals surface area (Å²) in [7, 11) is 0. The van der Waals surface area contributed by atoms with E-state index < -0.39 is 5.97 Å². The Hall–Kier alpha value is -3.46. The van der Waals surface area contributed by atoms with Crippen LogP contribution in [0.2, 0.25) is 0 Å². The number of carbonyl (C=O) groups excluding carboxylic acids is 2. The molecule has 0 saturated carbocycles. The number of allylic oxidation sites excluding steroid dienone is 1. The van der Waals surface area contributed by atoms with Crippen LogP contribution >= 0.6 is 0 Å². The number of carbonyl (C=O) groups is 2. The fraction of sp³-hybridized carbons (Fsp3) is 0.0833. The minimum Gasteiger partial charge on any atom is -0.462 e. The molecular formula is C24H20O3. The molecule has 0 heterocycles. The van der Waals surface area contributed by atoms with Gasteiger partial charge in [-0.15, -0.1) is 0 Å². The zero-order valence-corrected chi connectivity index (χ0v) is 15.1. The highest BCUT2D eigenvalue weighted by Gasteiger charge is 2.25. The van der Waals surface area contributed by atoms with E-state index in [0.29, 0.717) is 22.3 Å². The molecule has 27 heavy (non-hydrogen) atoms. The van der Waals surface area contributed by atoms with Crippen LogP contribution in [0.4, 0.5) is 0 Å². The van der Waals surface area contributed by atoms with Crippen LogP contribution in [-0.2, 0) is 9.53 Å². The second-order valence-corrected chi connectivity index (χ2v) is 5.90. The summed E-state index contributed by atoms with van der Waals surface area (Å²) in [6.45, 7) is 1.98. The van der Waals surface area contributed by atoms with E-state index in [2.05, 4.69) is 0 Å². The van der Waals surface area contributed by atoms with Gasteiger partial charge in [-0.1, -0.05) is 91.0 Å². The topological polar surface area (TPSA) is 43.4 Å². The minimum absolute atomic E-state index is 0.214. The van der Waals surface area contributed by atoms with Crippen LogP contribution in [0.1, 0.15) is 28.4 Å². The molecule has 0 aliphatic heterocycles. The number of hydrogen-bond donors (Lipinski definition) is 0. The van der Waals surface area contributed by atoms with Crippen molar-refractivity contribution in [2.45, 2.75) is 6.92 Å². The fourth-order valence-electron chi connectivity index (χ4n) is 2.90. The molecule has 0 fully saturated rings. The highest BCUT2D eigenvalue weighted by atomic mass is 16.5. The predicted octanol–water partition coefficient (Wildman–Crippen LogP) is 5.04. The van der Waals surface area contributed by atoms with Crippen molar-refractivity contribution in [1.29, 1.82) is 0 Å². The lowest BCUT2D eigenvalue weighted by Crippen LogP contribution is -2.14. The maximum Gasteiger partial charge on any atom is 0.339 e. The molecule has 0 atom stereocenters. The summed E-state index contributed by atoms with van der Waals surface area (Å²) in [4.78, 5) is 26.3. The van der Waals surface area contributed by atoms with Gasteiger partial charge in [0.25, 0.3) is 0 Å². The average Bonchev–Trinajstić information content (AvgIpc) is 2.73. The van der Waals surface area contributed by atoms with Crippen LogP contribution in [-0.4, -0.2) is 18.4 Å². The predicted molar refractivity (Wildman–Crippen MR) is 107 cm³/mol. The Bertz CT molecular complexity index is 943. The second kappa shape index (κ2) is 8.77. The first-order valence-corrected chi connectivity index (χ1v) is 8.84. The Labute approximate surface area is 158 Å². The first-order valence-electron chi connectivity index (χ1n) is 8.84. The lowest BCUT2D eigenvalue weighted by Gasteiger charge is -2.15. The van der Waals surface area contributed by atoms with Gasteiger partial charge in [0.1, 0.15) is 0 Å². The van der Waals surface area contributed by atoms with Crippen molar-refractivity contribution in [1.82, 2.24) is 0 Å². The van der Waals surface area contributed by atoms with Crippen molar-refractivity contribution in [3.8, 4) is 0 Å². The monoisotopic (exact) mass is 356 g/mol. The number of benzene rings is 3. The number of ketones is 1.